The summed E-state index contributed by atoms with van der Waals surface area (Å²) in [5, 5.41) is 9.83. The summed E-state index contributed by atoms with van der Waals surface area (Å²) in [7, 11) is 0. The van der Waals surface area contributed by atoms with Crippen LogP contribution in [0.2, 0.25) is 5.02 Å². The minimum Gasteiger partial charge on any atom is -0.505 e. The summed E-state index contributed by atoms with van der Waals surface area (Å²) in [4.78, 5) is 0. The molecule has 0 unspecified atom stereocenters. The number of nitrogens with two attached hydrogens (primary N) is 1. The molecule has 92 valence electrons. The Morgan fingerprint density at radius 3 is 2.50 bits per heavy atom. The minimum absolute atomic E-state index is 0. The van der Waals surface area contributed by atoms with E-state index in [9.17, 15) is 9.50 Å². The molecule has 2 nitrogen and oxygen atoms in total. The molecular weight excluding hydrogens is 252 g/mol. The number of hydrogen-bond acceptors (Lipinski definition) is 2. The van der Waals surface area contributed by atoms with Crippen molar-refractivity contribution in [3.63, 3.8) is 0 Å². The molecular formula is C11H16Cl2FNO. The number of phenols is 1. The largest absolute Gasteiger partial charge is 0.505 e. The first-order valence-corrected chi connectivity index (χ1v) is 5.23. The minimum atomic E-state index is -0.686. The van der Waals surface area contributed by atoms with Crippen molar-refractivity contribution in [1.29, 1.82) is 0 Å². The molecule has 0 saturated heterocycles. The van der Waals surface area contributed by atoms with Crippen LogP contribution in [0.25, 0.3) is 0 Å². The number of benzene rings is 1. The first-order valence-electron chi connectivity index (χ1n) is 4.86. The van der Waals surface area contributed by atoms with Gasteiger partial charge in [0.25, 0.3) is 0 Å². The van der Waals surface area contributed by atoms with Gasteiger partial charge in [-0.3, -0.25) is 0 Å². The predicted octanol–water partition coefficient (Wildman–Crippen LogP) is 3.65. The van der Waals surface area contributed by atoms with E-state index < -0.39 is 17.6 Å². The Labute approximate surface area is 106 Å². The number of hydrogen-bond donors (Lipinski definition) is 2. The Hall–Kier alpha value is -0.510. The lowest BCUT2D eigenvalue weighted by atomic mass is 9.97. The molecule has 0 fully saturated rings. The molecule has 0 aliphatic carbocycles. The molecule has 0 saturated carbocycles. The SMILES string of the molecule is CC(C)C[C@@H](N)c1c(Cl)ccc(F)c1O.Cl. The first kappa shape index (κ1) is 15.5. The van der Waals surface area contributed by atoms with E-state index in [4.69, 9.17) is 17.3 Å². The Bertz CT molecular complexity index is 358. The zero-order chi connectivity index (χ0) is 11.6. The van der Waals surface area contributed by atoms with Gasteiger partial charge in [-0.2, -0.15) is 0 Å². The molecule has 3 N–H and O–H groups in total. The fourth-order valence-electron chi connectivity index (χ4n) is 1.54. The molecule has 0 spiro atoms. The van der Waals surface area contributed by atoms with Crippen molar-refractivity contribution in [2.24, 2.45) is 11.7 Å². The van der Waals surface area contributed by atoms with E-state index in [0.29, 0.717) is 22.9 Å². The van der Waals surface area contributed by atoms with Gasteiger partial charge in [-0.15, -0.1) is 12.4 Å². The molecule has 0 aliphatic rings. The molecule has 0 heterocycles. The normalized spacial score (nSPS) is 12.4. The van der Waals surface area contributed by atoms with E-state index in [1.807, 2.05) is 13.8 Å². The highest BCUT2D eigenvalue weighted by molar-refractivity contribution is 6.31. The van der Waals surface area contributed by atoms with Crippen molar-refractivity contribution in [2.75, 3.05) is 0 Å². The molecule has 1 aromatic carbocycles. The van der Waals surface area contributed by atoms with Gasteiger partial charge in [0.15, 0.2) is 11.6 Å². The van der Waals surface area contributed by atoms with Crippen molar-refractivity contribution < 1.29 is 9.50 Å². The summed E-state index contributed by atoms with van der Waals surface area (Å²) < 4.78 is 13.1. The standard InChI is InChI=1S/C11H15ClFNO.ClH/c1-6(2)5-9(14)10-7(12)3-4-8(13)11(10)15;/h3-4,6,9,15H,5,14H2,1-2H3;1H/t9-;/m1./s1. The van der Waals surface area contributed by atoms with Gasteiger partial charge in [0.1, 0.15) is 0 Å². The number of halogens is 3. The van der Waals surface area contributed by atoms with Gasteiger partial charge in [0.2, 0.25) is 0 Å². The molecule has 1 aromatic rings. The van der Waals surface area contributed by atoms with Crippen LogP contribution in [0.5, 0.6) is 5.75 Å². The maximum atomic E-state index is 13.1. The maximum absolute atomic E-state index is 13.1. The van der Waals surface area contributed by atoms with Gasteiger partial charge in [-0.05, 0) is 24.5 Å². The second kappa shape index (κ2) is 6.28. The van der Waals surface area contributed by atoms with E-state index in [-0.39, 0.29) is 12.4 Å². The van der Waals surface area contributed by atoms with Gasteiger partial charge >= 0.3 is 0 Å². The third-order valence-corrected chi connectivity index (χ3v) is 2.54. The van der Waals surface area contributed by atoms with Crippen LogP contribution in [-0.4, -0.2) is 5.11 Å². The van der Waals surface area contributed by atoms with Crippen molar-refractivity contribution >= 4 is 24.0 Å². The highest BCUT2D eigenvalue weighted by Gasteiger charge is 2.18. The zero-order valence-electron chi connectivity index (χ0n) is 9.21. The summed E-state index contributed by atoms with van der Waals surface area (Å²) in [6, 6.07) is 2.10. The summed E-state index contributed by atoms with van der Waals surface area (Å²) in [5.41, 5.74) is 6.15. The Balaban J connectivity index is 0.00000225. The van der Waals surface area contributed by atoms with Gasteiger partial charge in [0.05, 0.1) is 0 Å². The number of aromatic hydroxyl groups is 1. The lowest BCUT2D eigenvalue weighted by Crippen LogP contribution is -2.14. The molecule has 16 heavy (non-hydrogen) atoms. The van der Waals surface area contributed by atoms with Gasteiger partial charge in [-0.1, -0.05) is 25.4 Å². The average molecular weight is 268 g/mol. The molecule has 0 radical (unpaired) electrons. The monoisotopic (exact) mass is 267 g/mol. The molecule has 1 atom stereocenters. The lowest BCUT2D eigenvalue weighted by Gasteiger charge is -2.17. The van der Waals surface area contributed by atoms with Crippen LogP contribution in [0.4, 0.5) is 4.39 Å². The van der Waals surface area contributed by atoms with Crippen LogP contribution < -0.4 is 5.73 Å². The Kier molecular flexibility index (Phi) is 6.08. The third kappa shape index (κ3) is 3.51. The molecule has 0 aliphatic heterocycles. The van der Waals surface area contributed by atoms with E-state index >= 15 is 0 Å². The predicted molar refractivity (Wildman–Crippen MR) is 66.7 cm³/mol. The topological polar surface area (TPSA) is 46.2 Å². The van der Waals surface area contributed by atoms with Crippen LogP contribution in [0.1, 0.15) is 31.9 Å². The van der Waals surface area contributed by atoms with E-state index in [1.54, 1.807) is 0 Å². The fraction of sp³-hybridized carbons (Fsp3) is 0.455. The van der Waals surface area contributed by atoms with E-state index in [1.165, 1.54) is 6.07 Å². The summed E-state index contributed by atoms with van der Waals surface area (Å²) in [6.45, 7) is 4.01. The van der Waals surface area contributed by atoms with Crippen LogP contribution in [0.15, 0.2) is 12.1 Å². The molecule has 0 amide bonds. The highest BCUT2D eigenvalue weighted by atomic mass is 35.5. The third-order valence-electron chi connectivity index (χ3n) is 2.21. The number of phenolic OH excluding ortho intramolecular Hbond substituents is 1. The smallest absolute Gasteiger partial charge is 0.165 e. The molecule has 5 heteroatoms. The van der Waals surface area contributed by atoms with Crippen LogP contribution in [-0.2, 0) is 0 Å². The number of rotatable bonds is 3. The van der Waals surface area contributed by atoms with Crippen LogP contribution in [0.3, 0.4) is 0 Å². The Morgan fingerprint density at radius 2 is 2.00 bits per heavy atom. The summed E-state index contributed by atoms with van der Waals surface area (Å²) >= 11 is 5.87. The van der Waals surface area contributed by atoms with Crippen LogP contribution >= 0.6 is 24.0 Å². The van der Waals surface area contributed by atoms with Crippen molar-refractivity contribution in [1.82, 2.24) is 0 Å². The van der Waals surface area contributed by atoms with Gasteiger partial charge in [0, 0.05) is 16.6 Å². The molecule has 1 rings (SSSR count). The van der Waals surface area contributed by atoms with E-state index in [0.717, 1.165) is 6.07 Å². The zero-order valence-corrected chi connectivity index (χ0v) is 10.8. The average Bonchev–Trinajstić information content (AvgIpc) is 2.11. The highest BCUT2D eigenvalue weighted by Crippen LogP contribution is 2.34. The Morgan fingerprint density at radius 1 is 1.44 bits per heavy atom. The van der Waals surface area contributed by atoms with Crippen molar-refractivity contribution in [3.8, 4) is 5.75 Å². The molecule has 0 bridgehead atoms. The summed E-state index contributed by atoms with van der Waals surface area (Å²) in [6.07, 6.45) is 0.650. The quantitative estimate of drug-likeness (QED) is 0.878. The van der Waals surface area contributed by atoms with Crippen LogP contribution in [0, 0.1) is 11.7 Å². The van der Waals surface area contributed by atoms with Gasteiger partial charge < -0.3 is 10.8 Å². The van der Waals surface area contributed by atoms with E-state index in [2.05, 4.69) is 0 Å². The maximum Gasteiger partial charge on any atom is 0.165 e. The second-order valence-electron chi connectivity index (χ2n) is 4.03. The lowest BCUT2D eigenvalue weighted by molar-refractivity contribution is 0.411. The van der Waals surface area contributed by atoms with Gasteiger partial charge in [-0.25, -0.2) is 4.39 Å². The first-order chi connectivity index (χ1) is 6.93. The van der Waals surface area contributed by atoms with Crippen molar-refractivity contribution in [3.05, 3.63) is 28.5 Å². The second-order valence-corrected chi connectivity index (χ2v) is 4.43. The summed E-state index contributed by atoms with van der Waals surface area (Å²) in [5.74, 6) is -0.761. The molecule has 0 aromatic heterocycles. The van der Waals surface area contributed by atoms with Crippen molar-refractivity contribution in [2.45, 2.75) is 26.3 Å². The fourth-order valence-corrected chi connectivity index (χ4v) is 1.83.